The molecule has 0 saturated carbocycles. The van der Waals surface area contributed by atoms with E-state index < -0.39 is 0 Å². The summed E-state index contributed by atoms with van der Waals surface area (Å²) in [4.78, 5) is 39.2. The molecule has 0 unspecified atom stereocenters. The summed E-state index contributed by atoms with van der Waals surface area (Å²) in [6.07, 6.45) is 2.94. The third-order valence-electron chi connectivity index (χ3n) is 5.26. The van der Waals surface area contributed by atoms with Gasteiger partial charge in [0.25, 0.3) is 5.91 Å². The molecule has 0 radical (unpaired) electrons. The van der Waals surface area contributed by atoms with E-state index in [1.165, 1.54) is 0 Å². The van der Waals surface area contributed by atoms with Crippen molar-refractivity contribution in [1.82, 2.24) is 4.90 Å². The Morgan fingerprint density at radius 3 is 2.46 bits per heavy atom. The van der Waals surface area contributed by atoms with Crippen LogP contribution in [0.1, 0.15) is 39.0 Å². The third kappa shape index (κ3) is 4.30. The van der Waals surface area contributed by atoms with E-state index in [2.05, 4.69) is 0 Å². The van der Waals surface area contributed by atoms with Gasteiger partial charge in [-0.15, -0.1) is 0 Å². The van der Waals surface area contributed by atoms with Crippen LogP contribution < -0.4 is 4.90 Å². The van der Waals surface area contributed by atoms with Crippen molar-refractivity contribution in [2.75, 3.05) is 31.1 Å². The number of nitrogens with zero attached hydrogens (tertiary/aromatic N) is 2. The number of carbonyl (C=O) groups excluding carboxylic acids is 3. The lowest BCUT2D eigenvalue weighted by molar-refractivity contribution is -0.150. The summed E-state index contributed by atoms with van der Waals surface area (Å²) < 4.78 is 5.94. The molecular weight excluding hydrogens is 332 g/mol. The summed E-state index contributed by atoms with van der Waals surface area (Å²) in [5.41, 5.74) is 0.517. The molecule has 6 nitrogen and oxygen atoms in total. The number of hydrogen-bond acceptors (Lipinski definition) is 4. The maximum atomic E-state index is 12.3. The zero-order chi connectivity index (χ0) is 18.6. The van der Waals surface area contributed by atoms with Crippen LogP contribution >= 0.6 is 0 Å². The molecule has 2 heterocycles. The second-order valence-corrected chi connectivity index (χ2v) is 7.22. The minimum atomic E-state index is -0.375. The Morgan fingerprint density at radius 2 is 1.81 bits per heavy atom. The monoisotopic (exact) mass is 358 g/mol. The Morgan fingerprint density at radius 1 is 1.12 bits per heavy atom. The Kier molecular flexibility index (Phi) is 5.71. The highest BCUT2D eigenvalue weighted by atomic mass is 16.5. The van der Waals surface area contributed by atoms with Crippen molar-refractivity contribution < 1.29 is 19.1 Å². The molecule has 6 heteroatoms. The molecular formula is C20H26N2O4. The molecule has 140 valence electrons. The number of para-hydroxylation sites is 1. The van der Waals surface area contributed by atoms with E-state index in [0.717, 1.165) is 18.5 Å². The molecule has 2 aliphatic heterocycles. The summed E-state index contributed by atoms with van der Waals surface area (Å²) in [6, 6.07) is 9.65. The van der Waals surface area contributed by atoms with Gasteiger partial charge in [0.05, 0.1) is 12.1 Å². The van der Waals surface area contributed by atoms with E-state index in [4.69, 9.17) is 4.74 Å². The second kappa shape index (κ2) is 7.99. The van der Waals surface area contributed by atoms with Gasteiger partial charge >= 0.3 is 0 Å². The van der Waals surface area contributed by atoms with Crippen LogP contribution in [0.25, 0.3) is 0 Å². The highest BCUT2D eigenvalue weighted by Gasteiger charge is 2.43. The van der Waals surface area contributed by atoms with Crippen LogP contribution in [0.2, 0.25) is 0 Å². The first-order valence-electron chi connectivity index (χ1n) is 9.26. The van der Waals surface area contributed by atoms with Crippen molar-refractivity contribution in [3.05, 3.63) is 30.3 Å². The standard InChI is InChI=1S/C20H26N2O4/c1-16(23)6-5-9-18(24)21-12-10-20(11-13-21)15-22(19(25)14-26-20)17-7-3-2-4-8-17/h2-4,7-8H,5-6,9-15H2,1H3. The first-order chi connectivity index (χ1) is 12.5. The maximum Gasteiger partial charge on any atom is 0.253 e. The van der Waals surface area contributed by atoms with Crippen molar-refractivity contribution in [3.63, 3.8) is 0 Å². The molecule has 0 aromatic heterocycles. The van der Waals surface area contributed by atoms with Crippen molar-refractivity contribution in [1.29, 1.82) is 0 Å². The summed E-state index contributed by atoms with van der Waals surface area (Å²) in [5, 5.41) is 0. The fourth-order valence-electron chi connectivity index (χ4n) is 3.67. The molecule has 2 aliphatic rings. The van der Waals surface area contributed by atoms with Gasteiger partial charge in [-0.25, -0.2) is 0 Å². The van der Waals surface area contributed by atoms with Gasteiger partial charge in [-0.2, -0.15) is 0 Å². The van der Waals surface area contributed by atoms with Crippen LogP contribution in [0.4, 0.5) is 5.69 Å². The molecule has 26 heavy (non-hydrogen) atoms. The number of anilines is 1. The summed E-state index contributed by atoms with van der Waals surface area (Å²) in [5.74, 6) is 0.203. The Balaban J connectivity index is 1.57. The number of benzene rings is 1. The van der Waals surface area contributed by atoms with Crippen LogP contribution in [-0.4, -0.2) is 54.3 Å². The summed E-state index contributed by atoms with van der Waals surface area (Å²) >= 11 is 0. The smallest absolute Gasteiger partial charge is 0.253 e. The fraction of sp³-hybridized carbons (Fsp3) is 0.550. The molecule has 1 aromatic rings. The van der Waals surface area contributed by atoms with Crippen LogP contribution in [0.3, 0.4) is 0 Å². The van der Waals surface area contributed by atoms with E-state index in [9.17, 15) is 14.4 Å². The zero-order valence-corrected chi connectivity index (χ0v) is 15.3. The van der Waals surface area contributed by atoms with Gasteiger partial charge in [0.15, 0.2) is 0 Å². The van der Waals surface area contributed by atoms with E-state index in [1.54, 1.807) is 11.8 Å². The van der Waals surface area contributed by atoms with Crippen molar-refractivity contribution in [3.8, 4) is 0 Å². The molecule has 2 amide bonds. The topological polar surface area (TPSA) is 66.9 Å². The Bertz CT molecular complexity index is 666. The van der Waals surface area contributed by atoms with E-state index in [-0.39, 0.29) is 29.8 Å². The SMILES string of the molecule is CC(=O)CCCC(=O)N1CCC2(CC1)CN(c1ccccc1)C(=O)CO2. The molecule has 1 spiro atoms. The quantitative estimate of drug-likeness (QED) is 0.809. The second-order valence-electron chi connectivity index (χ2n) is 7.22. The first-order valence-corrected chi connectivity index (χ1v) is 9.26. The largest absolute Gasteiger partial charge is 0.363 e. The minimum absolute atomic E-state index is 0.0236. The summed E-state index contributed by atoms with van der Waals surface area (Å²) in [7, 11) is 0. The zero-order valence-electron chi connectivity index (χ0n) is 15.3. The number of rotatable bonds is 5. The van der Waals surface area contributed by atoms with Gasteiger partial charge in [0.2, 0.25) is 5.91 Å². The predicted molar refractivity (Wildman–Crippen MR) is 97.8 cm³/mol. The van der Waals surface area contributed by atoms with Crippen LogP contribution in [0.5, 0.6) is 0 Å². The number of ketones is 1. The average molecular weight is 358 g/mol. The highest BCUT2D eigenvalue weighted by molar-refractivity contribution is 5.95. The summed E-state index contributed by atoms with van der Waals surface area (Å²) in [6.45, 7) is 3.43. The van der Waals surface area contributed by atoms with Crippen molar-refractivity contribution >= 4 is 23.3 Å². The van der Waals surface area contributed by atoms with E-state index in [0.29, 0.717) is 38.9 Å². The number of ether oxygens (including phenoxy) is 1. The number of likely N-dealkylation sites (tertiary alicyclic amines) is 1. The van der Waals surface area contributed by atoms with E-state index >= 15 is 0 Å². The molecule has 0 bridgehead atoms. The number of carbonyl (C=O) groups is 3. The Hall–Kier alpha value is -2.21. The van der Waals surface area contributed by atoms with Crippen molar-refractivity contribution in [2.45, 2.75) is 44.6 Å². The highest BCUT2D eigenvalue weighted by Crippen LogP contribution is 2.33. The minimum Gasteiger partial charge on any atom is -0.363 e. The Labute approximate surface area is 154 Å². The van der Waals surface area contributed by atoms with Gasteiger partial charge in [-0.3, -0.25) is 9.59 Å². The van der Waals surface area contributed by atoms with Crippen LogP contribution in [0.15, 0.2) is 30.3 Å². The molecule has 0 aliphatic carbocycles. The van der Waals surface area contributed by atoms with E-state index in [1.807, 2.05) is 35.2 Å². The molecule has 1 aromatic carbocycles. The molecule has 0 atom stereocenters. The van der Waals surface area contributed by atoms with Crippen LogP contribution in [0, 0.1) is 0 Å². The number of morpholine rings is 1. The number of amides is 2. The average Bonchev–Trinajstić information content (AvgIpc) is 2.65. The number of hydrogen-bond donors (Lipinski definition) is 0. The fourth-order valence-corrected chi connectivity index (χ4v) is 3.67. The molecule has 2 saturated heterocycles. The van der Waals surface area contributed by atoms with Crippen molar-refractivity contribution in [2.24, 2.45) is 0 Å². The molecule has 0 N–H and O–H groups in total. The number of Topliss-reactive ketones (excluding diaryl/α,β-unsaturated/α-hetero) is 1. The third-order valence-corrected chi connectivity index (χ3v) is 5.26. The maximum absolute atomic E-state index is 12.3. The van der Waals surface area contributed by atoms with Crippen LogP contribution in [-0.2, 0) is 19.1 Å². The van der Waals surface area contributed by atoms with Gasteiger partial charge in [0.1, 0.15) is 12.4 Å². The van der Waals surface area contributed by atoms with Gasteiger partial charge in [-0.05, 0) is 38.3 Å². The normalized spacial score (nSPS) is 19.7. The first kappa shape index (κ1) is 18.6. The lowest BCUT2D eigenvalue weighted by Crippen LogP contribution is -2.59. The lowest BCUT2D eigenvalue weighted by atomic mass is 9.88. The molecule has 2 fully saturated rings. The van der Waals surface area contributed by atoms with Gasteiger partial charge in [-0.1, -0.05) is 18.2 Å². The number of piperidine rings is 1. The van der Waals surface area contributed by atoms with Gasteiger partial charge < -0.3 is 19.3 Å². The lowest BCUT2D eigenvalue weighted by Gasteiger charge is -2.47. The van der Waals surface area contributed by atoms with Gasteiger partial charge in [0, 0.05) is 31.6 Å². The molecule has 3 rings (SSSR count). The predicted octanol–water partition coefficient (Wildman–Crippen LogP) is 2.17.